The number of methoxy groups -OCH3 is 1. The second-order valence-electron chi connectivity index (χ2n) is 5.06. The Labute approximate surface area is 155 Å². The largest absolute Gasteiger partial charge is 0.493 e. The van der Waals surface area contributed by atoms with Crippen LogP contribution >= 0.6 is 15.9 Å². The van der Waals surface area contributed by atoms with Gasteiger partial charge in [0.15, 0.2) is 24.4 Å². The molecule has 0 fully saturated rings. The number of hydrogen-bond donors (Lipinski definition) is 1. The van der Waals surface area contributed by atoms with Gasteiger partial charge in [0.05, 0.1) is 12.7 Å². The molecule has 0 aliphatic carbocycles. The van der Waals surface area contributed by atoms with Crippen molar-refractivity contribution < 1.29 is 32.2 Å². The summed E-state index contributed by atoms with van der Waals surface area (Å²) in [4.78, 5) is 22.8. The van der Waals surface area contributed by atoms with Crippen molar-refractivity contribution in [3.63, 3.8) is 0 Å². The van der Waals surface area contributed by atoms with Crippen LogP contribution in [-0.4, -0.2) is 25.9 Å². The second-order valence-corrected chi connectivity index (χ2v) is 5.91. The van der Waals surface area contributed by atoms with Gasteiger partial charge >= 0.3 is 6.18 Å². The van der Waals surface area contributed by atoms with Gasteiger partial charge in [0, 0.05) is 15.7 Å². The predicted molar refractivity (Wildman–Crippen MR) is 91.7 cm³/mol. The van der Waals surface area contributed by atoms with E-state index >= 15 is 0 Å². The summed E-state index contributed by atoms with van der Waals surface area (Å²) in [5, 5.41) is 2.33. The van der Waals surface area contributed by atoms with Crippen LogP contribution in [0.4, 0.5) is 18.9 Å². The number of hydrogen-bond acceptors (Lipinski definition) is 4. The number of nitrogens with one attached hydrogen (secondary N) is 1. The summed E-state index contributed by atoms with van der Waals surface area (Å²) in [6.07, 6.45) is -3.88. The number of aldehydes is 1. The van der Waals surface area contributed by atoms with Crippen molar-refractivity contribution in [3.05, 3.63) is 52.0 Å². The molecule has 2 aromatic rings. The van der Waals surface area contributed by atoms with E-state index in [1.807, 2.05) is 0 Å². The molecule has 0 aliphatic heterocycles. The van der Waals surface area contributed by atoms with E-state index in [-0.39, 0.29) is 17.2 Å². The fourth-order valence-corrected chi connectivity index (χ4v) is 2.44. The Morgan fingerprint density at radius 3 is 2.58 bits per heavy atom. The van der Waals surface area contributed by atoms with Crippen LogP contribution in [0.2, 0.25) is 0 Å². The van der Waals surface area contributed by atoms with Gasteiger partial charge in [-0.2, -0.15) is 13.2 Å². The van der Waals surface area contributed by atoms with E-state index in [1.54, 1.807) is 0 Å². The van der Waals surface area contributed by atoms with E-state index in [2.05, 4.69) is 21.2 Å². The minimum atomic E-state index is -4.50. The molecule has 0 aliphatic rings. The lowest BCUT2D eigenvalue weighted by atomic mass is 10.2. The van der Waals surface area contributed by atoms with Gasteiger partial charge in [-0.1, -0.05) is 6.07 Å². The Morgan fingerprint density at radius 1 is 1.23 bits per heavy atom. The summed E-state index contributed by atoms with van der Waals surface area (Å²) < 4.78 is 48.9. The molecular weight excluding hydrogens is 419 g/mol. The van der Waals surface area contributed by atoms with Crippen LogP contribution in [0.25, 0.3) is 0 Å². The first-order valence-electron chi connectivity index (χ1n) is 7.17. The average molecular weight is 432 g/mol. The molecule has 5 nitrogen and oxygen atoms in total. The van der Waals surface area contributed by atoms with Gasteiger partial charge in [0.1, 0.15) is 0 Å². The summed E-state index contributed by atoms with van der Waals surface area (Å²) in [6.45, 7) is -0.459. The van der Waals surface area contributed by atoms with Gasteiger partial charge in [0.25, 0.3) is 5.91 Å². The molecule has 26 heavy (non-hydrogen) atoms. The highest BCUT2D eigenvalue weighted by molar-refractivity contribution is 9.10. The third kappa shape index (κ3) is 4.98. The molecule has 1 amide bonds. The molecule has 2 aromatic carbocycles. The quantitative estimate of drug-likeness (QED) is 0.692. The fraction of sp³-hybridized carbons (Fsp3) is 0.176. The minimum absolute atomic E-state index is 0.00197. The van der Waals surface area contributed by atoms with Crippen molar-refractivity contribution in [1.29, 1.82) is 0 Å². The molecule has 0 bridgehead atoms. The number of anilines is 1. The summed E-state index contributed by atoms with van der Waals surface area (Å²) in [7, 11) is 1.37. The normalized spacial score (nSPS) is 11.0. The van der Waals surface area contributed by atoms with E-state index in [1.165, 1.54) is 31.4 Å². The number of ether oxygens (including phenoxy) is 2. The monoisotopic (exact) mass is 431 g/mol. The lowest BCUT2D eigenvalue weighted by Crippen LogP contribution is -2.20. The number of amides is 1. The standard InChI is InChI=1S/C17H13BrF3NO4/c1-25-14-5-10(8-23)13(18)7-15(14)26-9-16(24)22-12-4-2-3-11(6-12)17(19,20)21/h2-8H,9H2,1H3,(H,22,24). The number of rotatable bonds is 6. The summed E-state index contributed by atoms with van der Waals surface area (Å²) in [5.74, 6) is -0.215. The van der Waals surface area contributed by atoms with Crippen LogP contribution in [0.5, 0.6) is 11.5 Å². The van der Waals surface area contributed by atoms with Crippen LogP contribution in [0.1, 0.15) is 15.9 Å². The van der Waals surface area contributed by atoms with Crippen molar-refractivity contribution in [2.75, 3.05) is 19.0 Å². The van der Waals surface area contributed by atoms with Crippen molar-refractivity contribution in [2.24, 2.45) is 0 Å². The van der Waals surface area contributed by atoms with Crippen LogP contribution in [0.15, 0.2) is 40.9 Å². The Morgan fingerprint density at radius 2 is 1.96 bits per heavy atom. The first kappa shape index (κ1) is 19.8. The lowest BCUT2D eigenvalue weighted by Gasteiger charge is -2.13. The molecular formula is C17H13BrF3NO4. The topological polar surface area (TPSA) is 64.6 Å². The minimum Gasteiger partial charge on any atom is -0.493 e. The molecule has 0 unspecified atom stereocenters. The fourth-order valence-electron chi connectivity index (χ4n) is 2.03. The molecule has 0 aromatic heterocycles. The SMILES string of the molecule is COc1cc(C=O)c(Br)cc1OCC(=O)Nc1cccc(C(F)(F)F)c1. The molecule has 0 atom stereocenters. The third-order valence-electron chi connectivity index (χ3n) is 3.24. The Balaban J connectivity index is 2.06. The molecule has 0 heterocycles. The highest BCUT2D eigenvalue weighted by Crippen LogP contribution is 2.33. The van der Waals surface area contributed by atoms with E-state index < -0.39 is 24.3 Å². The number of carbonyl (C=O) groups excluding carboxylic acids is 2. The molecule has 9 heteroatoms. The van der Waals surface area contributed by atoms with Crippen molar-refractivity contribution in [3.8, 4) is 11.5 Å². The molecule has 0 saturated carbocycles. The van der Waals surface area contributed by atoms with Crippen molar-refractivity contribution in [2.45, 2.75) is 6.18 Å². The zero-order valence-corrected chi connectivity index (χ0v) is 15.0. The van der Waals surface area contributed by atoms with Crippen LogP contribution in [0, 0.1) is 0 Å². The van der Waals surface area contributed by atoms with E-state index in [0.29, 0.717) is 16.3 Å². The maximum atomic E-state index is 12.7. The molecule has 2 rings (SSSR count). The van der Waals surface area contributed by atoms with Gasteiger partial charge in [-0.3, -0.25) is 9.59 Å². The maximum absolute atomic E-state index is 12.7. The van der Waals surface area contributed by atoms with E-state index in [9.17, 15) is 22.8 Å². The lowest BCUT2D eigenvalue weighted by molar-refractivity contribution is -0.137. The van der Waals surface area contributed by atoms with Gasteiger partial charge < -0.3 is 14.8 Å². The second kappa shape index (κ2) is 8.22. The number of halogens is 4. The maximum Gasteiger partial charge on any atom is 0.416 e. The number of benzene rings is 2. The Bertz CT molecular complexity index is 824. The van der Waals surface area contributed by atoms with Gasteiger partial charge in [-0.15, -0.1) is 0 Å². The zero-order chi connectivity index (χ0) is 19.3. The summed E-state index contributed by atoms with van der Waals surface area (Å²) in [5.41, 5.74) is -0.535. The Hall–Kier alpha value is -2.55. The van der Waals surface area contributed by atoms with Crippen LogP contribution < -0.4 is 14.8 Å². The number of alkyl halides is 3. The molecule has 1 N–H and O–H groups in total. The van der Waals surface area contributed by atoms with Crippen molar-refractivity contribution >= 4 is 33.8 Å². The first-order chi connectivity index (χ1) is 12.2. The average Bonchev–Trinajstić information content (AvgIpc) is 2.59. The van der Waals surface area contributed by atoms with Gasteiger partial charge in [-0.25, -0.2) is 0 Å². The summed E-state index contributed by atoms with van der Waals surface area (Å²) in [6, 6.07) is 7.15. The third-order valence-corrected chi connectivity index (χ3v) is 3.93. The van der Waals surface area contributed by atoms with Gasteiger partial charge in [0.2, 0.25) is 0 Å². The molecule has 138 valence electrons. The first-order valence-corrected chi connectivity index (χ1v) is 7.96. The molecule has 0 spiro atoms. The van der Waals surface area contributed by atoms with E-state index in [0.717, 1.165) is 12.1 Å². The smallest absolute Gasteiger partial charge is 0.416 e. The van der Waals surface area contributed by atoms with E-state index in [4.69, 9.17) is 9.47 Å². The molecule has 0 saturated heterocycles. The molecule has 0 radical (unpaired) electrons. The van der Waals surface area contributed by atoms with Crippen LogP contribution in [-0.2, 0) is 11.0 Å². The highest BCUT2D eigenvalue weighted by atomic mass is 79.9. The Kier molecular flexibility index (Phi) is 6.25. The number of carbonyl (C=O) groups is 2. The zero-order valence-electron chi connectivity index (χ0n) is 13.4. The van der Waals surface area contributed by atoms with Gasteiger partial charge in [-0.05, 0) is 46.3 Å². The highest BCUT2D eigenvalue weighted by Gasteiger charge is 2.30. The van der Waals surface area contributed by atoms with Crippen molar-refractivity contribution in [1.82, 2.24) is 0 Å². The van der Waals surface area contributed by atoms with Crippen LogP contribution in [0.3, 0.4) is 0 Å². The summed E-state index contributed by atoms with van der Waals surface area (Å²) >= 11 is 3.18. The predicted octanol–water partition coefficient (Wildman–Crippen LogP) is 4.31.